The van der Waals surface area contributed by atoms with Gasteiger partial charge in [-0.15, -0.1) is 5.10 Å². The zero-order valence-corrected chi connectivity index (χ0v) is 24.3. The van der Waals surface area contributed by atoms with E-state index in [1.54, 1.807) is 46.0 Å². The monoisotopic (exact) mass is 568 g/mol. The van der Waals surface area contributed by atoms with Gasteiger partial charge in [-0.3, -0.25) is 9.48 Å². The minimum atomic E-state index is -4.65. The first-order chi connectivity index (χ1) is 19.2. The summed E-state index contributed by atoms with van der Waals surface area (Å²) in [6.07, 6.45) is 0.685. The summed E-state index contributed by atoms with van der Waals surface area (Å²) in [5.41, 5.74) is 3.67. The SMILES string of the molecule is COc1c(CCCC(C)(C)C)cc(NC(=O)c2ccc(C)c(-n3cc(-c4cnn(C)c4C)nn3)c2)cc1C(F)(F)F. The van der Waals surface area contributed by atoms with E-state index in [9.17, 15) is 18.0 Å². The number of hydrogen-bond donors (Lipinski definition) is 1. The van der Waals surface area contributed by atoms with Crippen LogP contribution < -0.4 is 10.1 Å². The molecule has 0 spiro atoms. The van der Waals surface area contributed by atoms with Crippen molar-refractivity contribution in [2.24, 2.45) is 12.5 Å². The molecule has 0 bridgehead atoms. The molecule has 0 fully saturated rings. The molecule has 0 atom stereocenters. The number of alkyl halides is 3. The summed E-state index contributed by atoms with van der Waals surface area (Å²) >= 11 is 0. The van der Waals surface area contributed by atoms with E-state index < -0.39 is 17.6 Å². The molecular formula is C30H35F3N6O2. The highest BCUT2D eigenvalue weighted by Gasteiger charge is 2.36. The molecule has 11 heteroatoms. The van der Waals surface area contributed by atoms with Gasteiger partial charge in [0.05, 0.1) is 30.8 Å². The van der Waals surface area contributed by atoms with Gasteiger partial charge < -0.3 is 10.1 Å². The summed E-state index contributed by atoms with van der Waals surface area (Å²) in [7, 11) is 3.07. The Bertz CT molecular complexity index is 1560. The van der Waals surface area contributed by atoms with Crippen LogP contribution in [0.15, 0.2) is 42.7 Å². The number of aryl methyl sites for hydroxylation is 3. The summed E-state index contributed by atoms with van der Waals surface area (Å²) < 4.78 is 50.5. The Morgan fingerprint density at radius 1 is 1.10 bits per heavy atom. The highest BCUT2D eigenvalue weighted by atomic mass is 19.4. The van der Waals surface area contributed by atoms with Gasteiger partial charge in [-0.1, -0.05) is 32.1 Å². The Balaban J connectivity index is 1.63. The summed E-state index contributed by atoms with van der Waals surface area (Å²) in [5, 5.41) is 15.4. The number of carbonyl (C=O) groups is 1. The molecule has 8 nitrogen and oxygen atoms in total. The van der Waals surface area contributed by atoms with Crippen LogP contribution >= 0.6 is 0 Å². The molecule has 0 saturated carbocycles. The number of anilines is 1. The van der Waals surface area contributed by atoms with E-state index in [0.717, 1.165) is 29.3 Å². The fraction of sp³-hybridized carbons (Fsp3) is 0.400. The predicted molar refractivity (Wildman–Crippen MR) is 151 cm³/mol. The van der Waals surface area contributed by atoms with Crippen LogP contribution in [0.5, 0.6) is 5.75 Å². The molecule has 4 aromatic rings. The second kappa shape index (κ2) is 11.4. The minimum absolute atomic E-state index is 0.0384. The number of methoxy groups -OCH3 is 1. The highest BCUT2D eigenvalue weighted by Crippen LogP contribution is 2.41. The Labute approximate surface area is 237 Å². The van der Waals surface area contributed by atoms with Gasteiger partial charge in [0.1, 0.15) is 11.4 Å². The zero-order chi connectivity index (χ0) is 30.1. The number of benzene rings is 2. The summed E-state index contributed by atoms with van der Waals surface area (Å²) in [6, 6.07) is 7.49. The van der Waals surface area contributed by atoms with Crippen LogP contribution in [0.3, 0.4) is 0 Å². The van der Waals surface area contributed by atoms with Crippen molar-refractivity contribution in [2.45, 2.75) is 60.1 Å². The first-order valence-electron chi connectivity index (χ1n) is 13.3. The first-order valence-corrected chi connectivity index (χ1v) is 13.3. The standard InChI is InChI=1S/C30H35F3N6O2/c1-18-10-11-21(14-26(18)39-17-25(36-37-39)23-16-34-38(6)19(23)2)28(40)35-22-13-20(9-8-12-29(3,4)5)27(41-7)24(15-22)30(31,32)33/h10-11,13-17H,8-9,12H2,1-7H3,(H,35,40). The number of nitrogens with one attached hydrogen (secondary N) is 1. The van der Waals surface area contributed by atoms with Gasteiger partial charge in [0.25, 0.3) is 5.91 Å². The molecular weight excluding hydrogens is 533 g/mol. The van der Waals surface area contributed by atoms with E-state index in [1.165, 1.54) is 7.11 Å². The average Bonchev–Trinajstić information content (AvgIpc) is 3.49. The zero-order valence-electron chi connectivity index (χ0n) is 24.3. The number of halogens is 3. The smallest absolute Gasteiger partial charge is 0.420 e. The third-order valence-electron chi connectivity index (χ3n) is 7.03. The second-order valence-corrected chi connectivity index (χ2v) is 11.4. The number of hydrogen-bond acceptors (Lipinski definition) is 5. The molecule has 41 heavy (non-hydrogen) atoms. The van der Waals surface area contributed by atoms with Crippen LogP contribution in [0.1, 0.15) is 66.4 Å². The molecule has 2 aromatic carbocycles. The van der Waals surface area contributed by atoms with Gasteiger partial charge in [-0.25, -0.2) is 4.68 Å². The van der Waals surface area contributed by atoms with Crippen LogP contribution in [-0.4, -0.2) is 37.8 Å². The van der Waals surface area contributed by atoms with Crippen molar-refractivity contribution in [2.75, 3.05) is 12.4 Å². The lowest BCUT2D eigenvalue weighted by atomic mass is 9.88. The number of ether oxygens (including phenoxy) is 1. The predicted octanol–water partition coefficient (Wildman–Crippen LogP) is 6.93. The van der Waals surface area contributed by atoms with Crippen LogP contribution in [-0.2, 0) is 19.6 Å². The van der Waals surface area contributed by atoms with Crippen LogP contribution in [0.25, 0.3) is 16.9 Å². The molecule has 0 aliphatic heterocycles. The van der Waals surface area contributed by atoms with Gasteiger partial charge in [0.15, 0.2) is 0 Å². The molecule has 0 radical (unpaired) electrons. The van der Waals surface area contributed by atoms with E-state index in [2.05, 4.69) is 41.5 Å². The summed E-state index contributed by atoms with van der Waals surface area (Å²) in [4.78, 5) is 13.3. The molecule has 0 saturated heterocycles. The Morgan fingerprint density at radius 3 is 2.44 bits per heavy atom. The van der Waals surface area contributed by atoms with Crippen LogP contribution in [0.2, 0.25) is 0 Å². The highest BCUT2D eigenvalue weighted by molar-refractivity contribution is 6.04. The fourth-order valence-electron chi connectivity index (χ4n) is 4.66. The molecule has 2 aromatic heterocycles. The molecule has 1 amide bonds. The van der Waals surface area contributed by atoms with Crippen molar-refractivity contribution in [1.29, 1.82) is 0 Å². The lowest BCUT2D eigenvalue weighted by molar-refractivity contribution is -0.138. The van der Waals surface area contributed by atoms with Crippen LogP contribution in [0, 0.1) is 19.3 Å². The third kappa shape index (κ3) is 6.78. The number of amides is 1. The van der Waals surface area contributed by atoms with Gasteiger partial charge in [-0.2, -0.15) is 18.3 Å². The molecule has 2 heterocycles. The van der Waals surface area contributed by atoms with E-state index in [4.69, 9.17) is 4.74 Å². The first kappa shape index (κ1) is 29.8. The molecule has 218 valence electrons. The lowest BCUT2D eigenvalue weighted by Gasteiger charge is -2.21. The summed E-state index contributed by atoms with van der Waals surface area (Å²) in [6.45, 7) is 10.0. The Kier molecular flexibility index (Phi) is 8.28. The molecule has 4 rings (SSSR count). The van der Waals surface area contributed by atoms with Gasteiger partial charge in [0, 0.05) is 29.6 Å². The van der Waals surface area contributed by atoms with Gasteiger partial charge >= 0.3 is 6.18 Å². The minimum Gasteiger partial charge on any atom is -0.496 e. The largest absolute Gasteiger partial charge is 0.496 e. The number of aromatic nitrogens is 5. The van der Waals surface area contributed by atoms with Crippen molar-refractivity contribution in [1.82, 2.24) is 24.8 Å². The Hall–Kier alpha value is -4.15. The lowest BCUT2D eigenvalue weighted by Crippen LogP contribution is -2.16. The maximum atomic E-state index is 14.0. The third-order valence-corrected chi connectivity index (χ3v) is 7.03. The number of rotatable bonds is 8. The number of nitrogens with zero attached hydrogens (tertiary/aromatic N) is 5. The molecule has 0 unspecified atom stereocenters. The van der Waals surface area contributed by atoms with Crippen molar-refractivity contribution in [3.8, 4) is 22.7 Å². The van der Waals surface area contributed by atoms with E-state index >= 15 is 0 Å². The van der Waals surface area contributed by atoms with Gasteiger partial charge in [-0.05, 0) is 73.9 Å². The van der Waals surface area contributed by atoms with Crippen molar-refractivity contribution in [3.05, 3.63) is 70.7 Å². The van der Waals surface area contributed by atoms with E-state index in [1.807, 2.05) is 20.9 Å². The fourth-order valence-corrected chi connectivity index (χ4v) is 4.66. The number of carbonyl (C=O) groups excluding carboxylic acids is 1. The molecule has 0 aliphatic carbocycles. The van der Waals surface area contributed by atoms with E-state index in [0.29, 0.717) is 29.8 Å². The second-order valence-electron chi connectivity index (χ2n) is 11.4. The van der Waals surface area contributed by atoms with Crippen molar-refractivity contribution in [3.63, 3.8) is 0 Å². The van der Waals surface area contributed by atoms with Crippen molar-refractivity contribution >= 4 is 11.6 Å². The topological polar surface area (TPSA) is 86.9 Å². The maximum Gasteiger partial charge on any atom is 0.420 e. The van der Waals surface area contributed by atoms with Crippen molar-refractivity contribution < 1.29 is 22.7 Å². The van der Waals surface area contributed by atoms with Crippen LogP contribution in [0.4, 0.5) is 18.9 Å². The maximum absolute atomic E-state index is 14.0. The molecule has 1 N–H and O–H groups in total. The molecule has 0 aliphatic rings. The summed E-state index contributed by atoms with van der Waals surface area (Å²) in [5.74, 6) is -0.763. The normalized spacial score (nSPS) is 12.0. The quantitative estimate of drug-likeness (QED) is 0.249. The van der Waals surface area contributed by atoms with E-state index in [-0.39, 0.29) is 22.4 Å². The Morgan fingerprint density at radius 2 is 1.83 bits per heavy atom. The van der Waals surface area contributed by atoms with Gasteiger partial charge in [0.2, 0.25) is 0 Å². The average molecular weight is 569 g/mol.